The van der Waals surface area contributed by atoms with Crippen LogP contribution in [0.3, 0.4) is 0 Å². The Hall–Kier alpha value is -4.16. The molecule has 1 aromatic carbocycles. The smallest absolute Gasteiger partial charge is 0.219 e. The van der Waals surface area contributed by atoms with E-state index in [1.165, 1.54) is 26.7 Å². The minimum Gasteiger partial charge on any atom is -0.494 e. The predicted molar refractivity (Wildman–Crippen MR) is 157 cm³/mol. The first kappa shape index (κ1) is 29.3. The molecule has 0 bridgehead atoms. The summed E-state index contributed by atoms with van der Waals surface area (Å²) in [7, 11) is -0.685. The second-order valence-electron chi connectivity index (χ2n) is 9.70. The molecule has 11 nitrogen and oxygen atoms in total. The number of carbonyl (C=O) groups is 1. The van der Waals surface area contributed by atoms with Gasteiger partial charge in [0.05, 0.1) is 31.3 Å². The highest BCUT2D eigenvalue weighted by Crippen LogP contribution is 2.37. The molecule has 0 radical (unpaired) electrons. The summed E-state index contributed by atoms with van der Waals surface area (Å²) in [5.74, 6) is 1.19. The van der Waals surface area contributed by atoms with Crippen molar-refractivity contribution in [2.75, 3.05) is 33.1 Å². The number of methoxy groups -OCH3 is 2. The molecule has 220 valence electrons. The Kier molecular flexibility index (Phi) is 8.64. The quantitative estimate of drug-likeness (QED) is 0.256. The van der Waals surface area contributed by atoms with Crippen molar-refractivity contribution in [3.8, 4) is 28.8 Å². The second kappa shape index (κ2) is 12.4. The summed E-state index contributed by atoms with van der Waals surface area (Å²) >= 11 is 6.26. The molecule has 4 heterocycles. The maximum atomic E-state index is 13.6. The number of aromatic nitrogens is 4. The number of para-hydroxylation sites is 1. The molecule has 0 spiro atoms. The van der Waals surface area contributed by atoms with Crippen LogP contribution in [0.4, 0.5) is 0 Å². The first-order valence-electron chi connectivity index (χ1n) is 13.2. The highest BCUT2D eigenvalue weighted by molar-refractivity contribution is 7.90. The Labute approximate surface area is 248 Å². The summed E-state index contributed by atoms with van der Waals surface area (Å²) in [4.78, 5) is 18.0. The lowest BCUT2D eigenvalue weighted by Crippen LogP contribution is -2.32. The molecule has 0 unspecified atom stereocenters. The molecule has 0 N–H and O–H groups in total. The van der Waals surface area contributed by atoms with Crippen molar-refractivity contribution in [2.45, 2.75) is 25.5 Å². The third-order valence-corrected chi connectivity index (χ3v) is 8.76. The van der Waals surface area contributed by atoms with Crippen molar-refractivity contribution in [1.82, 2.24) is 24.6 Å². The molecule has 5 rings (SSSR count). The summed E-state index contributed by atoms with van der Waals surface area (Å²) in [6.07, 6.45) is 5.77. The van der Waals surface area contributed by atoms with Crippen LogP contribution in [0.1, 0.15) is 30.4 Å². The van der Waals surface area contributed by atoms with Gasteiger partial charge in [0, 0.05) is 43.9 Å². The number of halogens is 1. The van der Waals surface area contributed by atoms with Crippen LogP contribution in [-0.2, 0) is 26.8 Å². The minimum absolute atomic E-state index is 0.00892. The zero-order chi connectivity index (χ0) is 29.9. The number of ether oxygens (including phenoxy) is 2. The first-order chi connectivity index (χ1) is 20.2. The second-order valence-corrected chi connectivity index (χ2v) is 12.3. The van der Waals surface area contributed by atoms with Crippen molar-refractivity contribution in [1.29, 1.82) is 0 Å². The Balaban J connectivity index is 1.45. The van der Waals surface area contributed by atoms with E-state index in [1.807, 2.05) is 6.08 Å². The lowest BCUT2D eigenvalue weighted by atomic mass is 9.97. The zero-order valence-corrected chi connectivity index (χ0v) is 25.0. The number of hydrogen-bond donors (Lipinski definition) is 0. The molecule has 42 heavy (non-hydrogen) atoms. The molecule has 0 aliphatic carbocycles. The monoisotopic (exact) mass is 611 g/mol. The standard InChI is InChI=1S/C29H30ClN5O6S/c1-19(36)34-12-9-20(10-13-34)22-16-21(30)17-31-23(22)11-15-42(37,38)18-27-32-33-29(26-8-5-14-41-26)35(27)28-24(39-2)6-4-7-25(28)40-3/h4-9,14,16-17H,10-13,15,18H2,1-3H3. The van der Waals surface area contributed by atoms with Gasteiger partial charge >= 0.3 is 0 Å². The van der Waals surface area contributed by atoms with Crippen LogP contribution in [0.25, 0.3) is 22.8 Å². The van der Waals surface area contributed by atoms with Gasteiger partial charge in [0.25, 0.3) is 0 Å². The summed E-state index contributed by atoms with van der Waals surface area (Å²) in [5.41, 5.74) is 2.85. The SMILES string of the molecule is COc1cccc(OC)c1-n1c(CS(=O)(=O)CCc2ncc(Cl)cc2C2=CCN(C(C)=O)CC2)nnc1-c1ccco1. The number of carbonyl (C=O) groups excluding carboxylic acids is 1. The number of sulfone groups is 1. The average molecular weight is 612 g/mol. The van der Waals surface area contributed by atoms with Gasteiger partial charge in [-0.2, -0.15) is 0 Å². The molecule has 0 saturated carbocycles. The molecule has 0 saturated heterocycles. The number of rotatable bonds is 10. The lowest BCUT2D eigenvalue weighted by Gasteiger charge is -2.26. The number of hydrogen-bond acceptors (Lipinski definition) is 9. The van der Waals surface area contributed by atoms with Crippen molar-refractivity contribution < 1.29 is 27.1 Å². The normalized spacial score (nSPS) is 13.6. The summed E-state index contributed by atoms with van der Waals surface area (Å²) in [6.45, 7) is 2.60. The van der Waals surface area contributed by atoms with E-state index in [0.29, 0.717) is 59.0 Å². The van der Waals surface area contributed by atoms with Crippen LogP contribution in [0.2, 0.25) is 5.02 Å². The van der Waals surface area contributed by atoms with Gasteiger partial charge in [0.2, 0.25) is 11.7 Å². The Bertz CT molecular complexity index is 1710. The molecule has 0 atom stereocenters. The highest BCUT2D eigenvalue weighted by atomic mass is 35.5. The Morgan fingerprint density at radius 3 is 2.50 bits per heavy atom. The van der Waals surface area contributed by atoms with E-state index in [9.17, 15) is 13.2 Å². The maximum absolute atomic E-state index is 13.6. The number of furan rings is 1. The minimum atomic E-state index is -3.72. The molecular formula is C29H30ClN5O6S. The van der Waals surface area contributed by atoms with Crippen LogP contribution < -0.4 is 9.47 Å². The topological polar surface area (TPSA) is 130 Å². The molecule has 13 heteroatoms. The van der Waals surface area contributed by atoms with Crippen molar-refractivity contribution in [3.63, 3.8) is 0 Å². The molecule has 4 aromatic rings. The van der Waals surface area contributed by atoms with E-state index in [-0.39, 0.29) is 23.9 Å². The fraction of sp³-hybridized carbons (Fsp3) is 0.310. The number of amides is 1. The fourth-order valence-corrected chi connectivity index (χ4v) is 6.31. The molecular weight excluding hydrogens is 582 g/mol. The lowest BCUT2D eigenvalue weighted by molar-refractivity contribution is -0.128. The fourth-order valence-electron chi connectivity index (χ4n) is 4.93. The third-order valence-electron chi connectivity index (χ3n) is 7.03. The van der Waals surface area contributed by atoms with Gasteiger partial charge in [-0.25, -0.2) is 8.42 Å². The third kappa shape index (κ3) is 6.19. The van der Waals surface area contributed by atoms with Crippen LogP contribution in [0, 0.1) is 0 Å². The van der Waals surface area contributed by atoms with Gasteiger partial charge in [0.1, 0.15) is 22.9 Å². The van der Waals surface area contributed by atoms with Crippen LogP contribution in [0.5, 0.6) is 11.5 Å². The van der Waals surface area contributed by atoms with Crippen LogP contribution in [0.15, 0.2) is 59.4 Å². The van der Waals surface area contributed by atoms with Gasteiger partial charge in [0.15, 0.2) is 21.4 Å². The van der Waals surface area contributed by atoms with E-state index >= 15 is 0 Å². The first-order valence-corrected chi connectivity index (χ1v) is 15.4. The number of benzene rings is 1. The van der Waals surface area contributed by atoms with Gasteiger partial charge in [-0.15, -0.1) is 10.2 Å². The van der Waals surface area contributed by atoms with Gasteiger partial charge in [-0.3, -0.25) is 14.3 Å². The van der Waals surface area contributed by atoms with E-state index in [2.05, 4.69) is 15.2 Å². The Morgan fingerprint density at radius 2 is 1.88 bits per heavy atom. The van der Waals surface area contributed by atoms with Crippen molar-refractivity contribution >= 4 is 32.9 Å². The molecule has 0 fully saturated rings. The zero-order valence-electron chi connectivity index (χ0n) is 23.4. The molecule has 1 amide bonds. The molecule has 3 aromatic heterocycles. The van der Waals surface area contributed by atoms with Crippen LogP contribution in [-0.4, -0.2) is 72.0 Å². The van der Waals surface area contributed by atoms with Gasteiger partial charge < -0.3 is 18.8 Å². The van der Waals surface area contributed by atoms with Gasteiger partial charge in [-0.1, -0.05) is 23.7 Å². The molecule has 1 aliphatic heterocycles. The van der Waals surface area contributed by atoms with Crippen molar-refractivity contribution in [3.05, 3.63) is 77.0 Å². The summed E-state index contributed by atoms with van der Waals surface area (Å²) in [5, 5.41) is 8.98. The van der Waals surface area contributed by atoms with E-state index in [4.69, 9.17) is 25.5 Å². The summed E-state index contributed by atoms with van der Waals surface area (Å²) in [6, 6.07) is 10.5. The Morgan fingerprint density at radius 1 is 1.12 bits per heavy atom. The average Bonchev–Trinajstić information content (AvgIpc) is 3.66. The highest BCUT2D eigenvalue weighted by Gasteiger charge is 2.27. The number of nitrogens with zero attached hydrogens (tertiary/aromatic N) is 5. The van der Waals surface area contributed by atoms with E-state index < -0.39 is 15.6 Å². The predicted octanol–water partition coefficient (Wildman–Crippen LogP) is 4.39. The number of aryl methyl sites for hydroxylation is 1. The van der Waals surface area contributed by atoms with E-state index in [0.717, 1.165) is 11.1 Å². The maximum Gasteiger partial charge on any atom is 0.219 e. The van der Waals surface area contributed by atoms with Crippen LogP contribution >= 0.6 is 11.6 Å². The van der Waals surface area contributed by atoms with E-state index in [1.54, 1.807) is 52.8 Å². The molecule has 1 aliphatic rings. The summed E-state index contributed by atoms with van der Waals surface area (Å²) < 4.78 is 45.5. The van der Waals surface area contributed by atoms with Gasteiger partial charge in [-0.05, 0) is 42.3 Å². The largest absolute Gasteiger partial charge is 0.494 e. The van der Waals surface area contributed by atoms with Crippen molar-refractivity contribution in [2.24, 2.45) is 0 Å². The number of pyridine rings is 1.